The van der Waals surface area contributed by atoms with Gasteiger partial charge in [0.2, 0.25) is 0 Å². The van der Waals surface area contributed by atoms with Crippen molar-refractivity contribution in [2.24, 2.45) is 0 Å². The lowest BCUT2D eigenvalue weighted by molar-refractivity contribution is 0.350. The molecule has 0 aromatic heterocycles. The number of ether oxygens (including phenoxy) is 1. The Morgan fingerprint density at radius 2 is 2.24 bits per heavy atom. The van der Waals surface area contributed by atoms with E-state index in [0.717, 1.165) is 23.3 Å². The number of hydrogen-bond donors (Lipinski definition) is 1. The lowest BCUT2D eigenvalue weighted by atomic mass is 10.0. The van der Waals surface area contributed by atoms with Gasteiger partial charge in [-0.15, -0.1) is 0 Å². The van der Waals surface area contributed by atoms with Crippen LogP contribution in [0.4, 0.5) is 0 Å². The summed E-state index contributed by atoms with van der Waals surface area (Å²) in [5.41, 5.74) is 2.10. The Kier molecular flexibility index (Phi) is 3.40. The highest BCUT2D eigenvalue weighted by molar-refractivity contribution is 7.90. The summed E-state index contributed by atoms with van der Waals surface area (Å²) in [5.74, 6) is 0.944. The Hall–Kier alpha value is -1.07. The van der Waals surface area contributed by atoms with Crippen LogP contribution in [0.2, 0.25) is 0 Å². The Labute approximate surface area is 102 Å². The normalized spacial score (nSPS) is 16.4. The van der Waals surface area contributed by atoms with Crippen molar-refractivity contribution >= 4 is 9.84 Å². The summed E-state index contributed by atoms with van der Waals surface area (Å²) < 4.78 is 28.4. The smallest absolute Gasteiger partial charge is 0.149 e. The second-order valence-corrected chi connectivity index (χ2v) is 6.55. The molecular formula is C12H17NO3S. The monoisotopic (exact) mass is 255 g/mol. The second kappa shape index (κ2) is 4.66. The molecule has 1 aliphatic rings. The van der Waals surface area contributed by atoms with Crippen LogP contribution < -0.4 is 10.1 Å². The molecule has 94 valence electrons. The van der Waals surface area contributed by atoms with Crippen LogP contribution in [-0.2, 0) is 16.3 Å². The van der Waals surface area contributed by atoms with E-state index in [1.807, 2.05) is 18.2 Å². The van der Waals surface area contributed by atoms with E-state index in [4.69, 9.17) is 4.74 Å². The van der Waals surface area contributed by atoms with E-state index in [1.165, 1.54) is 6.26 Å². The van der Waals surface area contributed by atoms with E-state index in [9.17, 15) is 8.42 Å². The van der Waals surface area contributed by atoms with Crippen LogP contribution in [0.1, 0.15) is 17.2 Å². The molecule has 1 aromatic rings. The molecule has 0 saturated heterocycles. The molecule has 17 heavy (non-hydrogen) atoms. The number of sulfone groups is 1. The first-order valence-electron chi connectivity index (χ1n) is 5.61. The molecule has 0 amide bonds. The van der Waals surface area contributed by atoms with Gasteiger partial charge in [-0.1, -0.05) is 18.2 Å². The Morgan fingerprint density at radius 3 is 2.88 bits per heavy atom. The minimum absolute atomic E-state index is 0.0866. The largest absolute Gasteiger partial charge is 0.493 e. The molecule has 1 aliphatic heterocycles. The van der Waals surface area contributed by atoms with Crippen molar-refractivity contribution in [2.45, 2.75) is 12.5 Å². The van der Waals surface area contributed by atoms with Gasteiger partial charge >= 0.3 is 0 Å². The first kappa shape index (κ1) is 12.4. The summed E-state index contributed by atoms with van der Waals surface area (Å²) in [6, 6.07) is 5.70. The van der Waals surface area contributed by atoms with E-state index in [0.29, 0.717) is 6.61 Å². The Morgan fingerprint density at radius 1 is 1.47 bits per heavy atom. The minimum atomic E-state index is -3.02. The molecule has 0 radical (unpaired) electrons. The van der Waals surface area contributed by atoms with Crippen molar-refractivity contribution in [3.8, 4) is 5.75 Å². The van der Waals surface area contributed by atoms with E-state index in [2.05, 4.69) is 5.32 Å². The SMILES string of the molecule is CNC(CS(C)(=O)=O)c1cccc2c1OCC2. The molecule has 5 heteroatoms. The van der Waals surface area contributed by atoms with Gasteiger partial charge in [0, 0.05) is 24.3 Å². The summed E-state index contributed by atoms with van der Waals surface area (Å²) in [7, 11) is -1.25. The zero-order valence-corrected chi connectivity index (χ0v) is 10.9. The molecule has 1 unspecified atom stereocenters. The summed E-state index contributed by atoms with van der Waals surface area (Å²) >= 11 is 0. The number of para-hydroxylation sites is 1. The average molecular weight is 255 g/mol. The van der Waals surface area contributed by atoms with Gasteiger partial charge in [0.1, 0.15) is 15.6 Å². The third kappa shape index (κ3) is 2.79. The van der Waals surface area contributed by atoms with Gasteiger partial charge in [0.05, 0.1) is 12.4 Å². The third-order valence-electron chi connectivity index (χ3n) is 2.94. The maximum atomic E-state index is 11.4. The lowest BCUT2D eigenvalue weighted by Crippen LogP contribution is -2.25. The molecule has 0 aliphatic carbocycles. The molecule has 4 nitrogen and oxygen atoms in total. The molecular weight excluding hydrogens is 238 g/mol. The van der Waals surface area contributed by atoms with Crippen molar-refractivity contribution in [1.29, 1.82) is 0 Å². The predicted octanol–water partition coefficient (Wildman–Crippen LogP) is 0.927. The Balaban J connectivity index is 2.35. The van der Waals surface area contributed by atoms with Crippen LogP contribution >= 0.6 is 0 Å². The van der Waals surface area contributed by atoms with Crippen molar-refractivity contribution in [3.63, 3.8) is 0 Å². The van der Waals surface area contributed by atoms with Gasteiger partial charge in [-0.05, 0) is 12.6 Å². The second-order valence-electron chi connectivity index (χ2n) is 4.37. The van der Waals surface area contributed by atoms with Gasteiger partial charge in [-0.3, -0.25) is 0 Å². The lowest BCUT2D eigenvalue weighted by Gasteiger charge is -2.18. The zero-order valence-electron chi connectivity index (χ0n) is 10.1. The minimum Gasteiger partial charge on any atom is -0.493 e. The van der Waals surface area contributed by atoms with Gasteiger partial charge < -0.3 is 10.1 Å². The molecule has 0 fully saturated rings. The highest BCUT2D eigenvalue weighted by atomic mass is 32.2. The van der Waals surface area contributed by atoms with Crippen molar-refractivity contribution < 1.29 is 13.2 Å². The maximum Gasteiger partial charge on any atom is 0.149 e. The molecule has 1 heterocycles. The van der Waals surface area contributed by atoms with Crippen LogP contribution in [0.5, 0.6) is 5.75 Å². The summed E-state index contributed by atoms with van der Waals surface area (Å²) in [6.07, 6.45) is 2.15. The molecule has 2 rings (SSSR count). The number of hydrogen-bond acceptors (Lipinski definition) is 4. The number of nitrogens with one attached hydrogen (secondary N) is 1. The fourth-order valence-corrected chi connectivity index (χ4v) is 3.10. The number of rotatable bonds is 4. The van der Waals surface area contributed by atoms with E-state index >= 15 is 0 Å². The molecule has 0 saturated carbocycles. The third-order valence-corrected chi connectivity index (χ3v) is 3.88. The quantitative estimate of drug-likeness (QED) is 0.869. The van der Waals surface area contributed by atoms with Crippen LogP contribution in [0.25, 0.3) is 0 Å². The fraction of sp³-hybridized carbons (Fsp3) is 0.500. The van der Waals surface area contributed by atoms with E-state index in [1.54, 1.807) is 7.05 Å². The highest BCUT2D eigenvalue weighted by Crippen LogP contribution is 2.33. The standard InChI is InChI=1S/C12H17NO3S/c1-13-11(8-17(2,14)15)10-5-3-4-9-6-7-16-12(9)10/h3-5,11,13H,6-8H2,1-2H3. The summed E-state index contributed by atoms with van der Waals surface area (Å²) in [4.78, 5) is 0. The fourth-order valence-electron chi connectivity index (χ4n) is 2.15. The van der Waals surface area contributed by atoms with Crippen LogP contribution in [0.3, 0.4) is 0 Å². The van der Waals surface area contributed by atoms with Crippen LogP contribution in [-0.4, -0.2) is 34.1 Å². The molecule has 1 aromatic carbocycles. The zero-order chi connectivity index (χ0) is 12.5. The van der Waals surface area contributed by atoms with E-state index < -0.39 is 9.84 Å². The number of benzene rings is 1. The van der Waals surface area contributed by atoms with E-state index in [-0.39, 0.29) is 11.8 Å². The maximum absolute atomic E-state index is 11.4. The topological polar surface area (TPSA) is 55.4 Å². The van der Waals surface area contributed by atoms with Crippen molar-refractivity contribution in [2.75, 3.05) is 25.7 Å². The Bertz CT molecular complexity index is 510. The van der Waals surface area contributed by atoms with Crippen LogP contribution in [0, 0.1) is 0 Å². The van der Waals surface area contributed by atoms with Gasteiger partial charge in [0.25, 0.3) is 0 Å². The summed E-state index contributed by atoms with van der Waals surface area (Å²) in [6.45, 7) is 0.682. The van der Waals surface area contributed by atoms with Crippen molar-refractivity contribution in [3.05, 3.63) is 29.3 Å². The molecule has 0 bridgehead atoms. The predicted molar refractivity (Wildman–Crippen MR) is 67.2 cm³/mol. The van der Waals surface area contributed by atoms with Crippen LogP contribution in [0.15, 0.2) is 18.2 Å². The average Bonchev–Trinajstić information content (AvgIpc) is 2.72. The molecule has 0 spiro atoms. The van der Waals surface area contributed by atoms with Crippen molar-refractivity contribution in [1.82, 2.24) is 5.32 Å². The van der Waals surface area contributed by atoms with Gasteiger partial charge in [0.15, 0.2) is 0 Å². The number of fused-ring (bicyclic) bond motifs is 1. The first-order valence-corrected chi connectivity index (χ1v) is 7.67. The van der Waals surface area contributed by atoms with Gasteiger partial charge in [-0.25, -0.2) is 8.42 Å². The molecule has 1 atom stereocenters. The highest BCUT2D eigenvalue weighted by Gasteiger charge is 2.23. The first-order chi connectivity index (χ1) is 8.01. The summed E-state index contributed by atoms with van der Waals surface area (Å²) in [5, 5.41) is 3.05. The van der Waals surface area contributed by atoms with Gasteiger partial charge in [-0.2, -0.15) is 0 Å². The molecule has 1 N–H and O–H groups in total.